The molecule has 7 heteroatoms. The van der Waals surface area contributed by atoms with Crippen molar-refractivity contribution >= 4 is 51.1 Å². The molecule has 2 aromatic carbocycles. The van der Waals surface area contributed by atoms with Gasteiger partial charge in [-0.05, 0) is 76.5 Å². The lowest BCUT2D eigenvalue weighted by Crippen LogP contribution is -2.39. The highest BCUT2D eigenvalue weighted by molar-refractivity contribution is 9.12. The van der Waals surface area contributed by atoms with Crippen molar-refractivity contribution in [1.82, 2.24) is 0 Å². The number of anilines is 1. The third kappa shape index (κ3) is 3.52. The Morgan fingerprint density at radius 2 is 1.76 bits per heavy atom. The highest BCUT2D eigenvalue weighted by Crippen LogP contribution is 2.55. The van der Waals surface area contributed by atoms with Crippen LogP contribution in [0.2, 0.25) is 0 Å². The fraction of sp³-hybridized carbons (Fsp3) is 0.226. The lowest BCUT2D eigenvalue weighted by molar-refractivity contribution is -0.123. The van der Waals surface area contributed by atoms with Gasteiger partial charge in [0, 0.05) is 23.1 Å². The SMILES string of the molecule is C=Cc1ccc(N2C(=O)[C@H]3[C@H](CC=C4[C@H](c5ccc(O)c(C)c5)C5=C(C[C@H]43)C(=O)C(Br)=CC5=O)C2=O)cc1. The number of aryl methyl sites for hydroxylation is 1. The summed E-state index contributed by atoms with van der Waals surface area (Å²) < 4.78 is 0.194. The van der Waals surface area contributed by atoms with E-state index in [1.807, 2.05) is 24.3 Å². The third-order valence-corrected chi connectivity index (χ3v) is 8.86. The molecule has 0 saturated carbocycles. The summed E-state index contributed by atoms with van der Waals surface area (Å²) in [5.41, 5.74) is 4.49. The van der Waals surface area contributed by atoms with Gasteiger partial charge < -0.3 is 5.11 Å². The molecule has 0 unspecified atom stereocenters. The standard InChI is InChI=1S/C31H24BrNO5/c1-3-16-4-7-18(8-5-16)33-30(37)20-10-9-19-21(27(20)31(33)38)13-22-28(25(35)14-23(32)29(22)36)26(19)17-6-11-24(34)15(2)12-17/h3-9,11-12,14,20-21,26-27,34H,1,10,13H2,2H3/t20-,21+,26-,27-/m0/s1. The Bertz CT molecular complexity index is 1560. The first-order valence-corrected chi connectivity index (χ1v) is 13.3. The van der Waals surface area contributed by atoms with E-state index in [9.17, 15) is 24.3 Å². The smallest absolute Gasteiger partial charge is 0.238 e. The first-order valence-electron chi connectivity index (χ1n) is 12.5. The predicted octanol–water partition coefficient (Wildman–Crippen LogP) is 5.31. The molecule has 0 bridgehead atoms. The minimum absolute atomic E-state index is 0.136. The van der Waals surface area contributed by atoms with Gasteiger partial charge >= 0.3 is 0 Å². The lowest BCUT2D eigenvalue weighted by Gasteiger charge is -2.42. The maximum absolute atomic E-state index is 13.9. The molecule has 0 spiro atoms. The average molecular weight is 570 g/mol. The second-order valence-corrected chi connectivity index (χ2v) is 11.1. The molecule has 0 radical (unpaired) electrons. The maximum Gasteiger partial charge on any atom is 0.238 e. The summed E-state index contributed by atoms with van der Waals surface area (Å²) in [6.45, 7) is 5.53. The zero-order valence-corrected chi connectivity index (χ0v) is 22.2. The molecular formula is C31H24BrNO5. The Hall–Kier alpha value is -3.84. The Kier molecular flexibility index (Phi) is 5.72. The number of halogens is 1. The summed E-state index contributed by atoms with van der Waals surface area (Å²) in [4.78, 5) is 55.3. The molecule has 6 nitrogen and oxygen atoms in total. The van der Waals surface area contributed by atoms with Gasteiger partial charge in [0.1, 0.15) is 5.75 Å². The van der Waals surface area contributed by atoms with Crippen LogP contribution in [0.15, 0.2) is 82.4 Å². The van der Waals surface area contributed by atoms with Crippen LogP contribution in [0.1, 0.15) is 35.4 Å². The number of carbonyl (C=O) groups excluding carboxylic acids is 4. The molecule has 1 saturated heterocycles. The van der Waals surface area contributed by atoms with Crippen molar-refractivity contribution in [2.24, 2.45) is 17.8 Å². The Balaban J connectivity index is 1.47. The van der Waals surface area contributed by atoms with E-state index in [1.165, 1.54) is 11.0 Å². The molecule has 1 aliphatic heterocycles. The van der Waals surface area contributed by atoms with Gasteiger partial charge in [0.05, 0.1) is 22.0 Å². The first kappa shape index (κ1) is 24.5. The van der Waals surface area contributed by atoms with Crippen molar-refractivity contribution in [2.75, 3.05) is 4.90 Å². The zero-order chi connectivity index (χ0) is 26.9. The Labute approximate surface area is 228 Å². The maximum atomic E-state index is 13.9. The normalized spacial score (nSPS) is 26.5. The first-order chi connectivity index (χ1) is 18.2. The van der Waals surface area contributed by atoms with E-state index in [0.717, 1.165) is 16.7 Å². The number of carbonyl (C=O) groups is 4. The number of hydrogen-bond donors (Lipinski definition) is 1. The fourth-order valence-corrected chi connectivity index (χ4v) is 6.91. The average Bonchev–Trinajstić information content (AvgIpc) is 3.17. The van der Waals surface area contributed by atoms with Crippen LogP contribution in [0.25, 0.3) is 6.08 Å². The molecule has 1 fully saturated rings. The summed E-state index contributed by atoms with van der Waals surface area (Å²) in [7, 11) is 0. The number of rotatable bonds is 3. The Morgan fingerprint density at radius 1 is 1.03 bits per heavy atom. The number of ketones is 2. The van der Waals surface area contributed by atoms with Crippen LogP contribution in [-0.4, -0.2) is 28.5 Å². The number of allylic oxidation sites excluding steroid dienone is 6. The Morgan fingerprint density at radius 3 is 2.45 bits per heavy atom. The van der Waals surface area contributed by atoms with E-state index < -0.39 is 23.7 Å². The zero-order valence-electron chi connectivity index (χ0n) is 20.6. The molecule has 6 rings (SSSR count). The monoisotopic (exact) mass is 569 g/mol. The summed E-state index contributed by atoms with van der Waals surface area (Å²) in [5, 5.41) is 10.1. The predicted molar refractivity (Wildman–Crippen MR) is 146 cm³/mol. The van der Waals surface area contributed by atoms with Crippen LogP contribution in [0.3, 0.4) is 0 Å². The molecule has 1 N–H and O–H groups in total. The number of hydrogen-bond acceptors (Lipinski definition) is 5. The van der Waals surface area contributed by atoms with E-state index in [2.05, 4.69) is 22.5 Å². The minimum atomic E-state index is -0.635. The number of amides is 2. The number of Topliss-reactive ketones (excluding diaryl/α,β-unsaturated/α-hetero) is 1. The van der Waals surface area contributed by atoms with Gasteiger partial charge in [-0.15, -0.1) is 0 Å². The molecule has 0 aromatic heterocycles. The molecule has 1 heterocycles. The van der Waals surface area contributed by atoms with Gasteiger partial charge in [-0.1, -0.05) is 48.6 Å². The highest BCUT2D eigenvalue weighted by Gasteiger charge is 2.56. The molecule has 3 aliphatic carbocycles. The van der Waals surface area contributed by atoms with Gasteiger partial charge in [0.15, 0.2) is 11.6 Å². The topological polar surface area (TPSA) is 91.8 Å². The van der Waals surface area contributed by atoms with Gasteiger partial charge in [-0.25, -0.2) is 0 Å². The van der Waals surface area contributed by atoms with Crippen LogP contribution in [-0.2, 0) is 19.2 Å². The summed E-state index contributed by atoms with van der Waals surface area (Å²) in [5.74, 6) is -3.03. The molecule has 4 aliphatic rings. The number of phenols is 1. The highest BCUT2D eigenvalue weighted by atomic mass is 79.9. The molecule has 4 atom stereocenters. The summed E-state index contributed by atoms with van der Waals surface area (Å²) in [6.07, 6.45) is 5.59. The summed E-state index contributed by atoms with van der Waals surface area (Å²) in [6, 6.07) is 12.3. The number of benzene rings is 2. The number of fused-ring (bicyclic) bond motifs is 3. The quantitative estimate of drug-likeness (QED) is 0.307. The van der Waals surface area contributed by atoms with E-state index in [4.69, 9.17) is 0 Å². The second-order valence-electron chi connectivity index (χ2n) is 10.2. The van der Waals surface area contributed by atoms with Crippen LogP contribution in [0, 0.1) is 24.7 Å². The van der Waals surface area contributed by atoms with E-state index in [0.29, 0.717) is 28.8 Å². The second kappa shape index (κ2) is 8.88. The van der Waals surface area contributed by atoms with Gasteiger partial charge in [-0.2, -0.15) is 0 Å². The number of imide groups is 1. The van der Waals surface area contributed by atoms with Crippen molar-refractivity contribution in [3.8, 4) is 5.75 Å². The van der Waals surface area contributed by atoms with Crippen molar-refractivity contribution in [3.63, 3.8) is 0 Å². The van der Waals surface area contributed by atoms with Crippen LogP contribution >= 0.6 is 15.9 Å². The lowest BCUT2D eigenvalue weighted by atomic mass is 9.59. The molecule has 2 aromatic rings. The van der Waals surface area contributed by atoms with Crippen molar-refractivity contribution < 1.29 is 24.3 Å². The summed E-state index contributed by atoms with van der Waals surface area (Å²) >= 11 is 3.24. The van der Waals surface area contributed by atoms with Gasteiger partial charge in [0.25, 0.3) is 0 Å². The van der Waals surface area contributed by atoms with Gasteiger partial charge in [0.2, 0.25) is 11.8 Å². The number of nitrogens with zero attached hydrogens (tertiary/aromatic N) is 1. The molecule has 2 amide bonds. The van der Waals surface area contributed by atoms with Crippen LogP contribution < -0.4 is 4.90 Å². The van der Waals surface area contributed by atoms with Crippen molar-refractivity contribution in [2.45, 2.75) is 25.7 Å². The van der Waals surface area contributed by atoms with Crippen molar-refractivity contribution in [3.05, 3.63) is 99.1 Å². The van der Waals surface area contributed by atoms with Crippen LogP contribution in [0.4, 0.5) is 5.69 Å². The largest absolute Gasteiger partial charge is 0.508 e. The van der Waals surface area contributed by atoms with E-state index >= 15 is 0 Å². The number of phenolic OH excluding ortho intramolecular Hbond substituents is 1. The third-order valence-electron chi connectivity index (χ3n) is 8.27. The van der Waals surface area contributed by atoms with E-state index in [-0.39, 0.29) is 40.0 Å². The van der Waals surface area contributed by atoms with Gasteiger partial charge in [-0.3, -0.25) is 24.1 Å². The minimum Gasteiger partial charge on any atom is -0.508 e. The molecular weight excluding hydrogens is 546 g/mol. The molecule has 190 valence electrons. The van der Waals surface area contributed by atoms with Crippen molar-refractivity contribution in [1.29, 1.82) is 0 Å². The fourth-order valence-electron chi connectivity index (χ4n) is 6.46. The molecule has 38 heavy (non-hydrogen) atoms. The van der Waals surface area contributed by atoms with E-state index in [1.54, 1.807) is 37.3 Å². The number of aromatic hydroxyl groups is 1. The van der Waals surface area contributed by atoms with Crippen LogP contribution in [0.5, 0.6) is 5.75 Å².